The quantitative estimate of drug-likeness (QED) is 0.821. The molecule has 0 spiro atoms. The summed E-state index contributed by atoms with van der Waals surface area (Å²) in [5, 5.41) is 3.95. The first kappa shape index (κ1) is 13.5. The maximum Gasteiger partial charge on any atom is 0.229 e. The molecular formula is C13H19N5O. The molecule has 0 fully saturated rings. The number of aromatic nitrogens is 4. The zero-order chi connectivity index (χ0) is 13.8. The van der Waals surface area contributed by atoms with Crippen molar-refractivity contribution in [2.75, 3.05) is 11.9 Å². The zero-order valence-electron chi connectivity index (χ0n) is 11.8. The predicted molar refractivity (Wildman–Crippen MR) is 71.9 cm³/mol. The van der Waals surface area contributed by atoms with Crippen molar-refractivity contribution in [3.05, 3.63) is 29.7 Å². The van der Waals surface area contributed by atoms with E-state index in [1.807, 2.05) is 38.2 Å². The fourth-order valence-corrected chi connectivity index (χ4v) is 1.58. The van der Waals surface area contributed by atoms with Crippen LogP contribution in [0.1, 0.15) is 44.0 Å². The van der Waals surface area contributed by atoms with E-state index in [0.29, 0.717) is 24.2 Å². The van der Waals surface area contributed by atoms with Crippen LogP contribution in [0.5, 0.6) is 0 Å². The molecule has 0 bridgehead atoms. The van der Waals surface area contributed by atoms with Crippen LogP contribution in [0.4, 0.5) is 5.95 Å². The van der Waals surface area contributed by atoms with Crippen LogP contribution in [-0.2, 0) is 13.0 Å². The van der Waals surface area contributed by atoms with E-state index in [9.17, 15) is 0 Å². The van der Waals surface area contributed by atoms with E-state index in [2.05, 4.69) is 27.0 Å². The van der Waals surface area contributed by atoms with Crippen LogP contribution in [0.3, 0.4) is 0 Å². The first-order valence-electron chi connectivity index (χ1n) is 6.44. The molecule has 6 heteroatoms. The molecule has 6 nitrogen and oxygen atoms in total. The van der Waals surface area contributed by atoms with Gasteiger partial charge >= 0.3 is 0 Å². The molecule has 102 valence electrons. The van der Waals surface area contributed by atoms with Gasteiger partial charge in [0.2, 0.25) is 11.8 Å². The number of hydrogen-bond donors (Lipinski definition) is 0. The smallest absolute Gasteiger partial charge is 0.229 e. The first-order chi connectivity index (χ1) is 9.10. The van der Waals surface area contributed by atoms with Crippen LogP contribution in [0.25, 0.3) is 0 Å². The topological polar surface area (TPSA) is 67.9 Å². The molecule has 2 heterocycles. The number of aryl methyl sites for hydroxylation is 1. The van der Waals surface area contributed by atoms with Gasteiger partial charge in [0.15, 0.2) is 5.82 Å². The van der Waals surface area contributed by atoms with E-state index < -0.39 is 0 Å². The van der Waals surface area contributed by atoms with E-state index in [4.69, 9.17) is 4.52 Å². The van der Waals surface area contributed by atoms with Gasteiger partial charge in [-0.3, -0.25) is 0 Å². The Labute approximate surface area is 112 Å². The molecule has 0 amide bonds. The largest absolute Gasteiger partial charge is 0.339 e. The Balaban J connectivity index is 2.04. The molecule has 0 unspecified atom stereocenters. The molecule has 0 aliphatic heterocycles. The maximum atomic E-state index is 5.17. The Morgan fingerprint density at radius 2 is 1.95 bits per heavy atom. The Hall–Kier alpha value is -1.98. The van der Waals surface area contributed by atoms with Crippen LogP contribution in [0, 0.1) is 0 Å². The second-order valence-electron chi connectivity index (χ2n) is 4.80. The molecule has 2 aromatic heterocycles. The lowest BCUT2D eigenvalue weighted by Gasteiger charge is -2.14. The Kier molecular flexibility index (Phi) is 4.09. The molecule has 0 radical (unpaired) electrons. The normalized spacial score (nSPS) is 11.0. The SMILES string of the molecule is CCc1cnc(N(C)Cc2noc(C(C)C)n2)nc1. The van der Waals surface area contributed by atoms with Gasteiger partial charge in [-0.1, -0.05) is 25.9 Å². The molecule has 19 heavy (non-hydrogen) atoms. The summed E-state index contributed by atoms with van der Waals surface area (Å²) in [5.41, 5.74) is 1.12. The fourth-order valence-electron chi connectivity index (χ4n) is 1.58. The molecular weight excluding hydrogens is 242 g/mol. The third-order valence-corrected chi connectivity index (χ3v) is 2.80. The van der Waals surface area contributed by atoms with E-state index >= 15 is 0 Å². The molecule has 0 aromatic carbocycles. The van der Waals surface area contributed by atoms with Crippen LogP contribution in [-0.4, -0.2) is 27.2 Å². The zero-order valence-corrected chi connectivity index (χ0v) is 11.8. The minimum atomic E-state index is 0.242. The van der Waals surface area contributed by atoms with Gasteiger partial charge < -0.3 is 9.42 Å². The fraction of sp³-hybridized carbons (Fsp3) is 0.538. The molecule has 2 rings (SSSR count). The van der Waals surface area contributed by atoms with Crippen molar-refractivity contribution >= 4 is 5.95 Å². The highest BCUT2D eigenvalue weighted by Gasteiger charge is 2.12. The van der Waals surface area contributed by atoms with Gasteiger partial charge in [-0.25, -0.2) is 9.97 Å². The molecule has 0 aliphatic rings. The van der Waals surface area contributed by atoms with Gasteiger partial charge in [0.1, 0.15) is 0 Å². The monoisotopic (exact) mass is 261 g/mol. The van der Waals surface area contributed by atoms with Crippen LogP contribution in [0.15, 0.2) is 16.9 Å². The van der Waals surface area contributed by atoms with E-state index in [0.717, 1.165) is 12.0 Å². The third-order valence-electron chi connectivity index (χ3n) is 2.80. The number of hydrogen-bond acceptors (Lipinski definition) is 6. The summed E-state index contributed by atoms with van der Waals surface area (Å²) in [4.78, 5) is 14.9. The summed E-state index contributed by atoms with van der Waals surface area (Å²) in [5.74, 6) is 2.21. The van der Waals surface area contributed by atoms with E-state index in [1.165, 1.54) is 0 Å². The minimum Gasteiger partial charge on any atom is -0.339 e. The average Bonchev–Trinajstić information content (AvgIpc) is 2.87. The third kappa shape index (κ3) is 3.27. The standard InChI is InChI=1S/C13H19N5O/c1-5-10-6-14-13(15-7-10)18(4)8-11-16-12(9(2)3)19-17-11/h6-7,9H,5,8H2,1-4H3. The van der Waals surface area contributed by atoms with Gasteiger partial charge in [-0.2, -0.15) is 4.98 Å². The van der Waals surface area contributed by atoms with Gasteiger partial charge in [0.05, 0.1) is 6.54 Å². The molecule has 0 saturated carbocycles. The minimum absolute atomic E-state index is 0.242. The highest BCUT2D eigenvalue weighted by Crippen LogP contribution is 2.13. The van der Waals surface area contributed by atoms with Crippen molar-refractivity contribution in [3.63, 3.8) is 0 Å². The van der Waals surface area contributed by atoms with Crippen LogP contribution < -0.4 is 4.90 Å². The second kappa shape index (κ2) is 5.77. The van der Waals surface area contributed by atoms with Crippen molar-refractivity contribution in [3.8, 4) is 0 Å². The van der Waals surface area contributed by atoms with Gasteiger partial charge in [-0.05, 0) is 12.0 Å². The molecule has 0 saturated heterocycles. The lowest BCUT2D eigenvalue weighted by atomic mass is 10.2. The van der Waals surface area contributed by atoms with Crippen molar-refractivity contribution in [2.24, 2.45) is 0 Å². The van der Waals surface area contributed by atoms with Gasteiger partial charge in [0, 0.05) is 25.4 Å². The van der Waals surface area contributed by atoms with E-state index in [1.54, 1.807) is 0 Å². The number of rotatable bonds is 5. The summed E-state index contributed by atoms with van der Waals surface area (Å²) >= 11 is 0. The number of anilines is 1. The van der Waals surface area contributed by atoms with Crippen molar-refractivity contribution in [1.82, 2.24) is 20.1 Å². The Bertz CT molecular complexity index is 520. The van der Waals surface area contributed by atoms with E-state index in [-0.39, 0.29) is 5.92 Å². The average molecular weight is 261 g/mol. The van der Waals surface area contributed by atoms with Crippen molar-refractivity contribution in [1.29, 1.82) is 0 Å². The summed E-state index contributed by atoms with van der Waals surface area (Å²) in [6.07, 6.45) is 4.62. The molecule has 0 N–H and O–H groups in total. The molecule has 0 aliphatic carbocycles. The predicted octanol–water partition coefficient (Wildman–Crippen LogP) is 2.18. The van der Waals surface area contributed by atoms with Gasteiger partial charge in [0.25, 0.3) is 0 Å². The Morgan fingerprint density at radius 1 is 1.26 bits per heavy atom. The van der Waals surface area contributed by atoms with Crippen molar-refractivity contribution < 1.29 is 4.52 Å². The molecule has 0 atom stereocenters. The highest BCUT2D eigenvalue weighted by atomic mass is 16.5. The lowest BCUT2D eigenvalue weighted by Crippen LogP contribution is -2.20. The Morgan fingerprint density at radius 3 is 2.47 bits per heavy atom. The summed E-state index contributed by atoms with van der Waals surface area (Å²) in [6.45, 7) is 6.65. The maximum absolute atomic E-state index is 5.17. The molecule has 2 aromatic rings. The number of nitrogens with zero attached hydrogens (tertiary/aromatic N) is 5. The summed E-state index contributed by atoms with van der Waals surface area (Å²) in [6, 6.07) is 0. The second-order valence-corrected chi connectivity index (χ2v) is 4.80. The lowest BCUT2D eigenvalue weighted by molar-refractivity contribution is 0.360. The van der Waals surface area contributed by atoms with Crippen molar-refractivity contribution in [2.45, 2.75) is 39.7 Å². The summed E-state index contributed by atoms with van der Waals surface area (Å²) in [7, 11) is 1.91. The van der Waals surface area contributed by atoms with Gasteiger partial charge in [-0.15, -0.1) is 0 Å². The van der Waals surface area contributed by atoms with Crippen LogP contribution >= 0.6 is 0 Å². The first-order valence-corrected chi connectivity index (χ1v) is 6.44. The summed E-state index contributed by atoms with van der Waals surface area (Å²) < 4.78 is 5.17. The van der Waals surface area contributed by atoms with Crippen LogP contribution in [0.2, 0.25) is 0 Å². The highest BCUT2D eigenvalue weighted by molar-refractivity contribution is 5.28.